The third kappa shape index (κ3) is 3.70. The summed E-state index contributed by atoms with van der Waals surface area (Å²) < 4.78 is 7.45. The number of hydrogen-bond donors (Lipinski definition) is 1. The molecule has 3 aromatic rings. The van der Waals surface area contributed by atoms with E-state index in [2.05, 4.69) is 40.4 Å². The Morgan fingerprint density at radius 3 is 2.54 bits per heavy atom. The van der Waals surface area contributed by atoms with Crippen molar-refractivity contribution in [2.24, 2.45) is 0 Å². The van der Waals surface area contributed by atoms with Crippen molar-refractivity contribution in [1.29, 1.82) is 0 Å². The van der Waals surface area contributed by atoms with E-state index in [1.54, 1.807) is 7.11 Å². The van der Waals surface area contributed by atoms with Crippen LogP contribution in [-0.2, 0) is 6.54 Å². The maximum atomic E-state index is 6.08. The van der Waals surface area contributed by atoms with Crippen LogP contribution in [0.1, 0.15) is 18.5 Å². The van der Waals surface area contributed by atoms with Gasteiger partial charge in [0.15, 0.2) is 0 Å². The number of ether oxygens (including phenoxy) is 1. The molecule has 4 rings (SSSR count). The summed E-state index contributed by atoms with van der Waals surface area (Å²) >= 11 is 0. The first kappa shape index (κ1) is 18.8. The molecule has 148 valence electrons. The second kappa shape index (κ2) is 7.81. The monoisotopic (exact) mass is 379 g/mol. The van der Waals surface area contributed by atoms with Crippen molar-refractivity contribution in [1.82, 2.24) is 19.2 Å². The quantitative estimate of drug-likeness (QED) is 0.738. The first-order valence-electron chi connectivity index (χ1n) is 9.85. The summed E-state index contributed by atoms with van der Waals surface area (Å²) in [5, 5.41) is 0. The number of imidazole rings is 1. The summed E-state index contributed by atoms with van der Waals surface area (Å²) in [6.07, 6.45) is 4.38. The van der Waals surface area contributed by atoms with Crippen molar-refractivity contribution in [3.63, 3.8) is 0 Å². The van der Waals surface area contributed by atoms with Gasteiger partial charge in [0, 0.05) is 30.0 Å². The van der Waals surface area contributed by atoms with Crippen molar-refractivity contribution in [2.75, 3.05) is 40.0 Å². The SMILES string of the molecule is COc1ccc(-c2nc3ccc(N)cn3c2CN(C)C2CCN(C)CC2)cc1. The number of anilines is 1. The third-order valence-corrected chi connectivity index (χ3v) is 5.81. The van der Waals surface area contributed by atoms with Gasteiger partial charge in [0.2, 0.25) is 0 Å². The largest absolute Gasteiger partial charge is 0.497 e. The second-order valence-corrected chi connectivity index (χ2v) is 7.78. The smallest absolute Gasteiger partial charge is 0.137 e. The van der Waals surface area contributed by atoms with Crippen LogP contribution in [0.15, 0.2) is 42.6 Å². The van der Waals surface area contributed by atoms with E-state index in [4.69, 9.17) is 15.5 Å². The molecule has 1 fully saturated rings. The number of rotatable bonds is 5. The molecular weight excluding hydrogens is 350 g/mol. The predicted molar refractivity (Wildman–Crippen MR) is 114 cm³/mol. The molecule has 1 saturated heterocycles. The summed E-state index contributed by atoms with van der Waals surface area (Å²) in [6, 6.07) is 12.6. The van der Waals surface area contributed by atoms with Crippen LogP contribution >= 0.6 is 0 Å². The molecule has 1 aliphatic rings. The maximum absolute atomic E-state index is 6.08. The molecule has 0 spiro atoms. The second-order valence-electron chi connectivity index (χ2n) is 7.78. The Hall–Kier alpha value is -2.57. The van der Waals surface area contributed by atoms with Crippen molar-refractivity contribution < 1.29 is 4.74 Å². The molecule has 2 N–H and O–H groups in total. The minimum Gasteiger partial charge on any atom is -0.497 e. The van der Waals surface area contributed by atoms with Gasteiger partial charge >= 0.3 is 0 Å². The summed E-state index contributed by atoms with van der Waals surface area (Å²) in [7, 11) is 6.11. The summed E-state index contributed by atoms with van der Waals surface area (Å²) in [5.74, 6) is 0.849. The zero-order chi connectivity index (χ0) is 19.7. The number of hydrogen-bond acceptors (Lipinski definition) is 5. The molecule has 1 aliphatic heterocycles. The minimum atomic E-state index is 0.589. The topological polar surface area (TPSA) is 59.0 Å². The average Bonchev–Trinajstić information content (AvgIpc) is 3.06. The van der Waals surface area contributed by atoms with Crippen LogP contribution in [-0.4, -0.2) is 59.5 Å². The van der Waals surface area contributed by atoms with Gasteiger partial charge in [-0.25, -0.2) is 4.98 Å². The van der Waals surface area contributed by atoms with E-state index >= 15 is 0 Å². The molecule has 1 aromatic carbocycles. The Morgan fingerprint density at radius 1 is 1.14 bits per heavy atom. The van der Waals surface area contributed by atoms with Gasteiger partial charge in [0.05, 0.1) is 18.5 Å². The van der Waals surface area contributed by atoms with E-state index < -0.39 is 0 Å². The molecule has 0 radical (unpaired) electrons. The number of nitrogen functional groups attached to an aromatic ring is 1. The summed E-state index contributed by atoms with van der Waals surface area (Å²) in [6.45, 7) is 3.14. The lowest BCUT2D eigenvalue weighted by Crippen LogP contribution is -2.41. The number of pyridine rings is 1. The predicted octanol–water partition coefficient (Wildman–Crippen LogP) is 3.12. The van der Waals surface area contributed by atoms with E-state index in [0.29, 0.717) is 6.04 Å². The Kier molecular flexibility index (Phi) is 5.24. The fourth-order valence-electron chi connectivity index (χ4n) is 4.04. The lowest BCUT2D eigenvalue weighted by atomic mass is 10.0. The molecule has 2 aromatic heterocycles. The van der Waals surface area contributed by atoms with Crippen LogP contribution in [0, 0.1) is 0 Å². The highest BCUT2D eigenvalue weighted by molar-refractivity contribution is 5.68. The first-order valence-corrected chi connectivity index (χ1v) is 9.85. The minimum absolute atomic E-state index is 0.589. The average molecular weight is 380 g/mol. The molecule has 0 bridgehead atoms. The van der Waals surface area contributed by atoms with Gasteiger partial charge in [0.1, 0.15) is 11.4 Å². The van der Waals surface area contributed by atoms with E-state index in [1.165, 1.54) is 18.5 Å². The lowest BCUT2D eigenvalue weighted by Gasteiger charge is -2.35. The highest BCUT2D eigenvalue weighted by atomic mass is 16.5. The van der Waals surface area contributed by atoms with Crippen LogP contribution in [0.4, 0.5) is 5.69 Å². The highest BCUT2D eigenvalue weighted by Gasteiger charge is 2.23. The number of fused-ring (bicyclic) bond motifs is 1. The number of likely N-dealkylation sites (tertiary alicyclic amines) is 1. The number of aromatic nitrogens is 2. The Bertz CT molecular complexity index is 941. The normalized spacial score (nSPS) is 16.1. The molecule has 0 aliphatic carbocycles. The number of nitrogens with two attached hydrogens (primary N) is 1. The van der Waals surface area contributed by atoms with Gasteiger partial charge in [-0.3, -0.25) is 4.90 Å². The summed E-state index contributed by atoms with van der Waals surface area (Å²) in [4.78, 5) is 9.79. The molecule has 0 unspecified atom stereocenters. The molecule has 6 nitrogen and oxygen atoms in total. The van der Waals surface area contributed by atoms with Gasteiger partial charge in [-0.05, 0) is 76.4 Å². The highest BCUT2D eigenvalue weighted by Crippen LogP contribution is 2.29. The number of benzene rings is 1. The van der Waals surface area contributed by atoms with Crippen molar-refractivity contribution in [2.45, 2.75) is 25.4 Å². The number of piperidine rings is 1. The fraction of sp³-hybridized carbons (Fsp3) is 0.409. The van der Waals surface area contributed by atoms with Gasteiger partial charge in [-0.2, -0.15) is 0 Å². The lowest BCUT2D eigenvalue weighted by molar-refractivity contribution is 0.138. The van der Waals surface area contributed by atoms with E-state index in [1.807, 2.05) is 30.5 Å². The van der Waals surface area contributed by atoms with Crippen molar-refractivity contribution >= 4 is 11.3 Å². The van der Waals surface area contributed by atoms with Crippen LogP contribution in [0.5, 0.6) is 5.75 Å². The zero-order valence-corrected chi connectivity index (χ0v) is 16.9. The van der Waals surface area contributed by atoms with E-state index in [9.17, 15) is 0 Å². The first-order chi connectivity index (χ1) is 13.5. The number of methoxy groups -OCH3 is 1. The van der Waals surface area contributed by atoms with Gasteiger partial charge in [-0.1, -0.05) is 0 Å². The van der Waals surface area contributed by atoms with Crippen LogP contribution < -0.4 is 10.5 Å². The molecule has 28 heavy (non-hydrogen) atoms. The summed E-state index contributed by atoms with van der Waals surface area (Å²) in [5.41, 5.74) is 11.0. The molecule has 3 heterocycles. The number of nitrogens with zero attached hydrogens (tertiary/aromatic N) is 4. The van der Waals surface area contributed by atoms with Crippen LogP contribution in [0.3, 0.4) is 0 Å². The maximum Gasteiger partial charge on any atom is 0.137 e. The van der Waals surface area contributed by atoms with Crippen LogP contribution in [0.2, 0.25) is 0 Å². The standard InChI is InChI=1S/C22H29N5O/c1-25-12-10-18(11-13-25)26(2)15-20-22(16-4-7-19(28-3)8-5-16)24-21-9-6-17(23)14-27(20)21/h4-9,14,18H,10-13,15,23H2,1-3H3. The van der Waals surface area contributed by atoms with Gasteiger partial charge < -0.3 is 19.8 Å². The van der Waals surface area contributed by atoms with Gasteiger partial charge in [0.25, 0.3) is 0 Å². The van der Waals surface area contributed by atoms with Gasteiger partial charge in [-0.15, -0.1) is 0 Å². The molecular formula is C22H29N5O. The fourth-order valence-corrected chi connectivity index (χ4v) is 4.04. The molecule has 0 saturated carbocycles. The van der Waals surface area contributed by atoms with E-state index in [0.717, 1.165) is 48.0 Å². The zero-order valence-electron chi connectivity index (χ0n) is 16.9. The Balaban J connectivity index is 1.70. The Morgan fingerprint density at radius 2 is 1.86 bits per heavy atom. The molecule has 6 heteroatoms. The van der Waals surface area contributed by atoms with Crippen molar-refractivity contribution in [3.8, 4) is 17.0 Å². The molecule has 0 atom stereocenters. The van der Waals surface area contributed by atoms with Crippen molar-refractivity contribution in [3.05, 3.63) is 48.3 Å². The van der Waals surface area contributed by atoms with E-state index in [-0.39, 0.29) is 0 Å². The Labute approximate surface area is 166 Å². The van der Waals surface area contributed by atoms with Crippen LogP contribution in [0.25, 0.3) is 16.9 Å². The molecule has 0 amide bonds. The third-order valence-electron chi connectivity index (χ3n) is 5.81.